The topological polar surface area (TPSA) is 179 Å². The molecular weight excluding hydrogens is 386 g/mol. The number of rotatable bonds is 7. The summed E-state index contributed by atoms with van der Waals surface area (Å²) >= 11 is 0. The van der Waals surface area contributed by atoms with E-state index in [-0.39, 0.29) is 19.0 Å². The van der Waals surface area contributed by atoms with Gasteiger partial charge in [-0.1, -0.05) is 18.2 Å². The predicted molar refractivity (Wildman–Crippen MR) is 94.2 cm³/mol. The number of benzene rings is 1. The van der Waals surface area contributed by atoms with Crippen molar-refractivity contribution in [3.8, 4) is 0 Å². The first kappa shape index (κ1) is 20.4. The van der Waals surface area contributed by atoms with Crippen LogP contribution in [0.4, 0.5) is 0 Å². The van der Waals surface area contributed by atoms with Crippen LogP contribution in [0.3, 0.4) is 0 Å². The maximum atomic E-state index is 11.9. The largest absolute Gasteiger partial charge is 0.461 e. The van der Waals surface area contributed by atoms with Crippen molar-refractivity contribution in [2.24, 2.45) is 5.73 Å². The normalized spacial score (nSPS) is 23.5. The van der Waals surface area contributed by atoms with Gasteiger partial charge in [-0.3, -0.25) is 14.4 Å². The molecule has 0 bridgehead atoms. The molecule has 1 aromatic heterocycles. The summed E-state index contributed by atoms with van der Waals surface area (Å²) in [5, 5.41) is 26.4. The Morgan fingerprint density at radius 3 is 2.59 bits per heavy atom. The minimum atomic E-state index is -1.40. The smallest absolute Gasteiger partial charge is 0.325 e. The quantitative estimate of drug-likeness (QED) is 0.378. The van der Waals surface area contributed by atoms with E-state index in [4.69, 9.17) is 15.2 Å². The van der Waals surface area contributed by atoms with Gasteiger partial charge in [0.25, 0.3) is 11.8 Å². The minimum Gasteiger partial charge on any atom is -0.461 e. The summed E-state index contributed by atoms with van der Waals surface area (Å²) in [6, 6.07) is 8.33. The summed E-state index contributed by atoms with van der Waals surface area (Å²) in [6.07, 6.45) is -3.86. The molecule has 3 unspecified atom stereocenters. The van der Waals surface area contributed by atoms with Gasteiger partial charge in [0, 0.05) is 5.56 Å². The summed E-state index contributed by atoms with van der Waals surface area (Å²) in [4.78, 5) is 38.5. The van der Waals surface area contributed by atoms with E-state index < -0.39 is 42.3 Å². The molecule has 2 aromatic rings. The number of carbonyl (C=O) groups is 3. The van der Waals surface area contributed by atoms with Crippen LogP contribution in [0, 0.1) is 0 Å². The number of primary amides is 1. The van der Waals surface area contributed by atoms with Crippen molar-refractivity contribution < 1.29 is 34.1 Å². The van der Waals surface area contributed by atoms with Crippen LogP contribution < -0.4 is 11.1 Å². The number of aliphatic hydroxyl groups is 2. The number of aromatic nitrogens is 3. The van der Waals surface area contributed by atoms with Crippen molar-refractivity contribution in [3.05, 3.63) is 48.0 Å². The maximum Gasteiger partial charge on any atom is 0.325 e. The summed E-state index contributed by atoms with van der Waals surface area (Å²) < 4.78 is 11.5. The lowest BCUT2D eigenvalue weighted by Crippen LogP contribution is -2.36. The number of carbonyl (C=O) groups excluding carboxylic acids is 3. The SMILES string of the molecule is NC(=O)c1ncn([C@@H]2OC(COC(=O)CNC(=O)c3ccccc3)C(O)C2O)n1. The van der Waals surface area contributed by atoms with Crippen LogP contribution in [0.5, 0.6) is 0 Å². The number of hydrogen-bond donors (Lipinski definition) is 4. The Bertz CT molecular complexity index is 887. The van der Waals surface area contributed by atoms with Crippen LogP contribution in [0.15, 0.2) is 36.7 Å². The fourth-order valence-corrected chi connectivity index (χ4v) is 2.67. The molecule has 4 atom stereocenters. The first-order valence-electron chi connectivity index (χ1n) is 8.58. The van der Waals surface area contributed by atoms with E-state index in [2.05, 4.69) is 15.4 Å². The van der Waals surface area contributed by atoms with Crippen LogP contribution in [-0.4, -0.2) is 74.2 Å². The van der Waals surface area contributed by atoms with Crippen molar-refractivity contribution in [3.63, 3.8) is 0 Å². The van der Waals surface area contributed by atoms with Crippen molar-refractivity contribution in [2.45, 2.75) is 24.5 Å². The molecule has 1 aromatic carbocycles. The van der Waals surface area contributed by atoms with Gasteiger partial charge in [-0.25, -0.2) is 9.67 Å². The molecule has 1 aliphatic rings. The highest BCUT2D eigenvalue weighted by Gasteiger charge is 2.45. The lowest BCUT2D eigenvalue weighted by atomic mass is 10.1. The van der Waals surface area contributed by atoms with E-state index in [0.29, 0.717) is 5.56 Å². The maximum absolute atomic E-state index is 11.9. The molecule has 2 heterocycles. The first-order valence-corrected chi connectivity index (χ1v) is 8.58. The molecule has 3 rings (SSSR count). The van der Waals surface area contributed by atoms with Crippen LogP contribution in [0.25, 0.3) is 0 Å². The summed E-state index contributed by atoms with van der Waals surface area (Å²) in [6.45, 7) is -0.750. The van der Waals surface area contributed by atoms with E-state index in [0.717, 1.165) is 11.0 Å². The molecule has 0 spiro atoms. The number of aliphatic hydroxyl groups excluding tert-OH is 2. The standard InChI is InChI=1S/C17H19N5O7/c18-14(26)15-20-8-22(21-15)17-13(25)12(24)10(29-17)7-28-11(23)6-19-16(27)9-4-2-1-3-5-9/h1-5,8,10,12-13,17,24-25H,6-7H2,(H2,18,26)(H,19,27)/t10?,12?,13?,17-/m1/s1. The number of amides is 2. The Morgan fingerprint density at radius 1 is 1.21 bits per heavy atom. The number of hydrogen-bond acceptors (Lipinski definition) is 9. The van der Waals surface area contributed by atoms with Gasteiger partial charge in [-0.2, -0.15) is 0 Å². The number of nitrogens with two attached hydrogens (primary N) is 1. The Kier molecular flexibility index (Phi) is 6.16. The van der Waals surface area contributed by atoms with Gasteiger partial charge in [0.15, 0.2) is 6.23 Å². The van der Waals surface area contributed by atoms with Gasteiger partial charge < -0.3 is 30.7 Å². The first-order chi connectivity index (χ1) is 13.9. The third-order valence-electron chi connectivity index (χ3n) is 4.16. The third-order valence-corrected chi connectivity index (χ3v) is 4.16. The Morgan fingerprint density at radius 2 is 1.93 bits per heavy atom. The van der Waals surface area contributed by atoms with Gasteiger partial charge in [0.05, 0.1) is 0 Å². The lowest BCUT2D eigenvalue weighted by molar-refractivity contribution is -0.149. The second-order valence-corrected chi connectivity index (χ2v) is 6.19. The highest BCUT2D eigenvalue weighted by Crippen LogP contribution is 2.28. The van der Waals surface area contributed by atoms with Gasteiger partial charge in [-0.05, 0) is 12.1 Å². The molecule has 0 aliphatic carbocycles. The van der Waals surface area contributed by atoms with Crippen LogP contribution in [0.1, 0.15) is 27.2 Å². The highest BCUT2D eigenvalue weighted by atomic mass is 16.6. The van der Waals surface area contributed by atoms with E-state index in [1.807, 2.05) is 0 Å². The predicted octanol–water partition coefficient (Wildman–Crippen LogP) is -2.03. The second-order valence-electron chi connectivity index (χ2n) is 6.19. The summed E-state index contributed by atoms with van der Waals surface area (Å²) in [5.74, 6) is -2.33. The molecule has 29 heavy (non-hydrogen) atoms. The minimum absolute atomic E-state index is 0.278. The number of nitrogens with one attached hydrogen (secondary N) is 1. The molecule has 0 saturated carbocycles. The second kappa shape index (κ2) is 8.77. The van der Waals surface area contributed by atoms with E-state index in [1.54, 1.807) is 30.3 Å². The van der Waals surface area contributed by atoms with Crippen molar-refractivity contribution in [1.29, 1.82) is 0 Å². The van der Waals surface area contributed by atoms with Gasteiger partial charge in [0.1, 0.15) is 37.8 Å². The Labute approximate surface area is 164 Å². The van der Waals surface area contributed by atoms with Gasteiger partial charge in [0.2, 0.25) is 5.82 Å². The molecule has 5 N–H and O–H groups in total. The average Bonchev–Trinajstić information content (AvgIpc) is 3.31. The van der Waals surface area contributed by atoms with Crippen molar-refractivity contribution in [2.75, 3.05) is 13.2 Å². The zero-order chi connectivity index (χ0) is 21.0. The fraction of sp³-hybridized carbons (Fsp3) is 0.353. The zero-order valence-corrected chi connectivity index (χ0v) is 15.0. The van der Waals surface area contributed by atoms with Crippen molar-refractivity contribution in [1.82, 2.24) is 20.1 Å². The Balaban J connectivity index is 1.49. The molecule has 2 amide bonds. The molecule has 0 radical (unpaired) electrons. The van der Waals surface area contributed by atoms with Gasteiger partial charge >= 0.3 is 5.97 Å². The average molecular weight is 405 g/mol. The molecule has 12 heteroatoms. The van der Waals surface area contributed by atoms with Crippen molar-refractivity contribution >= 4 is 17.8 Å². The van der Waals surface area contributed by atoms with E-state index in [1.165, 1.54) is 0 Å². The molecule has 154 valence electrons. The van der Waals surface area contributed by atoms with E-state index in [9.17, 15) is 24.6 Å². The Hall–Kier alpha value is -3.35. The highest BCUT2D eigenvalue weighted by molar-refractivity contribution is 5.95. The summed E-state index contributed by atoms with van der Waals surface area (Å²) in [5.41, 5.74) is 5.46. The molecular formula is C17H19N5O7. The van der Waals surface area contributed by atoms with Crippen LogP contribution in [0.2, 0.25) is 0 Å². The van der Waals surface area contributed by atoms with Crippen LogP contribution >= 0.6 is 0 Å². The molecule has 12 nitrogen and oxygen atoms in total. The van der Waals surface area contributed by atoms with E-state index >= 15 is 0 Å². The van der Waals surface area contributed by atoms with Gasteiger partial charge in [-0.15, -0.1) is 5.10 Å². The summed E-state index contributed by atoms with van der Waals surface area (Å²) in [7, 11) is 0. The molecule has 1 saturated heterocycles. The number of ether oxygens (including phenoxy) is 2. The monoisotopic (exact) mass is 405 g/mol. The molecule has 1 aliphatic heterocycles. The van der Waals surface area contributed by atoms with Crippen LogP contribution in [-0.2, 0) is 14.3 Å². The number of esters is 1. The number of nitrogens with zero attached hydrogens (tertiary/aromatic N) is 3. The fourth-order valence-electron chi connectivity index (χ4n) is 2.67. The zero-order valence-electron chi connectivity index (χ0n) is 15.0. The molecule has 1 fully saturated rings. The third kappa shape index (κ3) is 4.74. The lowest BCUT2D eigenvalue weighted by Gasteiger charge is -2.14.